The van der Waals surface area contributed by atoms with Gasteiger partial charge in [0, 0.05) is 19.3 Å². The van der Waals surface area contributed by atoms with E-state index in [9.17, 15) is 0 Å². The Hall–Kier alpha value is -1.85. The topological polar surface area (TPSA) is 33.9 Å². The van der Waals surface area contributed by atoms with Crippen LogP contribution in [0.1, 0.15) is 5.56 Å². The summed E-state index contributed by atoms with van der Waals surface area (Å²) in [5.74, 6) is 0.880. The number of hydrogen-bond acceptors (Lipinski definition) is 4. The molecule has 2 aliphatic rings. The molecule has 5 heteroatoms. The van der Waals surface area contributed by atoms with Crippen molar-refractivity contribution >= 4 is 11.8 Å². The van der Waals surface area contributed by atoms with Gasteiger partial charge in [-0.15, -0.1) is 0 Å². The summed E-state index contributed by atoms with van der Waals surface area (Å²) in [6.45, 7) is 6.95. The van der Waals surface area contributed by atoms with E-state index in [1.807, 2.05) is 12.1 Å². The molecule has 0 aliphatic carbocycles. The minimum absolute atomic E-state index is 0.796. The van der Waals surface area contributed by atoms with Crippen molar-refractivity contribution in [2.45, 2.75) is 0 Å². The smallest absolute Gasteiger partial charge is 0.172 e. The van der Waals surface area contributed by atoms with Gasteiger partial charge < -0.3 is 19.1 Å². The molecule has 0 N–H and O–H groups in total. The van der Waals surface area contributed by atoms with E-state index in [1.54, 1.807) is 7.11 Å². The van der Waals surface area contributed by atoms with Crippen molar-refractivity contribution in [1.82, 2.24) is 4.90 Å². The van der Waals surface area contributed by atoms with Crippen LogP contribution in [0.15, 0.2) is 30.5 Å². The summed E-state index contributed by atoms with van der Waals surface area (Å²) >= 11 is 0. The average Bonchev–Trinajstić information content (AvgIpc) is 2.63. The summed E-state index contributed by atoms with van der Waals surface area (Å²) in [6, 6.07) is 8.25. The largest absolute Gasteiger partial charge is 0.497 e. The number of morpholine rings is 2. The predicted octanol–water partition coefficient (Wildman–Crippen LogP) is 1.48. The lowest BCUT2D eigenvalue weighted by atomic mass is 10.1. The fourth-order valence-corrected chi connectivity index (χ4v) is 2.77. The molecular formula is C18H25N2O3+. The summed E-state index contributed by atoms with van der Waals surface area (Å²) in [6.07, 6.45) is 4.50. The van der Waals surface area contributed by atoms with Gasteiger partial charge in [0.25, 0.3) is 0 Å². The molecule has 0 radical (unpaired) electrons. The maximum atomic E-state index is 5.44. The van der Waals surface area contributed by atoms with Gasteiger partial charge in [0.1, 0.15) is 19.0 Å². The van der Waals surface area contributed by atoms with E-state index in [2.05, 4.69) is 34.0 Å². The Labute approximate surface area is 137 Å². The van der Waals surface area contributed by atoms with Crippen molar-refractivity contribution in [2.24, 2.45) is 0 Å². The van der Waals surface area contributed by atoms with Crippen LogP contribution in [-0.2, 0) is 9.47 Å². The zero-order valence-corrected chi connectivity index (χ0v) is 13.7. The van der Waals surface area contributed by atoms with Crippen molar-refractivity contribution in [2.75, 3.05) is 59.7 Å². The fourth-order valence-electron chi connectivity index (χ4n) is 2.77. The first-order valence-corrected chi connectivity index (χ1v) is 8.20. The van der Waals surface area contributed by atoms with Crippen LogP contribution in [0.5, 0.6) is 5.75 Å². The van der Waals surface area contributed by atoms with Gasteiger partial charge in [0.2, 0.25) is 0 Å². The van der Waals surface area contributed by atoms with Crippen molar-refractivity contribution < 1.29 is 18.8 Å². The summed E-state index contributed by atoms with van der Waals surface area (Å²) in [4.78, 5) is 2.33. The molecule has 0 spiro atoms. The molecule has 2 saturated heterocycles. The SMILES string of the molecule is COc1ccc(/C(C=[N+]2CCOCC2)=C\N2CCOCC2)cc1. The number of rotatable bonds is 4. The minimum Gasteiger partial charge on any atom is -0.497 e. The second-order valence-electron chi connectivity index (χ2n) is 5.74. The van der Waals surface area contributed by atoms with Crippen LogP contribution < -0.4 is 4.74 Å². The zero-order chi connectivity index (χ0) is 15.9. The van der Waals surface area contributed by atoms with E-state index >= 15 is 0 Å². The van der Waals surface area contributed by atoms with E-state index < -0.39 is 0 Å². The second kappa shape index (κ2) is 8.13. The first kappa shape index (κ1) is 16.0. The first-order valence-electron chi connectivity index (χ1n) is 8.20. The Morgan fingerprint density at radius 1 is 1.04 bits per heavy atom. The molecular weight excluding hydrogens is 292 g/mol. The molecule has 2 heterocycles. The Kier molecular flexibility index (Phi) is 5.66. The molecule has 1 aromatic rings. The van der Waals surface area contributed by atoms with Gasteiger partial charge in [0.05, 0.1) is 25.9 Å². The van der Waals surface area contributed by atoms with Gasteiger partial charge in [-0.3, -0.25) is 0 Å². The lowest BCUT2D eigenvalue weighted by molar-refractivity contribution is -0.544. The molecule has 1 aromatic carbocycles. The van der Waals surface area contributed by atoms with E-state index in [1.165, 1.54) is 11.1 Å². The minimum atomic E-state index is 0.796. The summed E-state index contributed by atoms with van der Waals surface area (Å²) in [5.41, 5.74) is 2.42. The number of ether oxygens (including phenoxy) is 3. The Morgan fingerprint density at radius 3 is 2.35 bits per heavy atom. The lowest BCUT2D eigenvalue weighted by Gasteiger charge is -2.26. The number of benzene rings is 1. The normalized spacial score (nSPS) is 19.6. The van der Waals surface area contributed by atoms with Crippen LogP contribution >= 0.6 is 0 Å². The number of nitrogens with zero attached hydrogens (tertiary/aromatic N) is 2. The standard InChI is InChI=1S/C18H25N2O3/c1-21-18-4-2-16(3-5-18)17(14-19-6-10-22-11-7-19)15-20-8-12-23-13-9-20/h2-5,14-15H,6-13H2,1H3/q+1. The molecule has 124 valence electrons. The van der Waals surface area contributed by atoms with Crippen molar-refractivity contribution in [3.63, 3.8) is 0 Å². The molecule has 23 heavy (non-hydrogen) atoms. The van der Waals surface area contributed by atoms with Gasteiger partial charge in [-0.25, -0.2) is 4.58 Å². The van der Waals surface area contributed by atoms with Crippen molar-refractivity contribution in [3.8, 4) is 5.75 Å². The summed E-state index contributed by atoms with van der Waals surface area (Å²) in [7, 11) is 1.69. The molecule has 5 nitrogen and oxygen atoms in total. The maximum Gasteiger partial charge on any atom is 0.172 e. The third-order valence-electron chi connectivity index (χ3n) is 4.16. The van der Waals surface area contributed by atoms with Gasteiger partial charge in [-0.1, -0.05) is 12.1 Å². The van der Waals surface area contributed by atoms with Crippen molar-refractivity contribution in [3.05, 3.63) is 36.0 Å². The quantitative estimate of drug-likeness (QED) is 0.788. The third kappa shape index (κ3) is 4.56. The highest BCUT2D eigenvalue weighted by molar-refractivity contribution is 6.07. The van der Waals surface area contributed by atoms with Crippen LogP contribution in [0.3, 0.4) is 0 Å². The third-order valence-corrected chi connectivity index (χ3v) is 4.16. The van der Waals surface area contributed by atoms with E-state index in [-0.39, 0.29) is 0 Å². The predicted molar refractivity (Wildman–Crippen MR) is 90.2 cm³/mol. The number of hydrogen-bond donors (Lipinski definition) is 0. The van der Waals surface area contributed by atoms with E-state index in [4.69, 9.17) is 14.2 Å². The highest BCUT2D eigenvalue weighted by Crippen LogP contribution is 2.18. The van der Waals surface area contributed by atoms with Crippen LogP contribution in [0.25, 0.3) is 5.57 Å². The second-order valence-corrected chi connectivity index (χ2v) is 5.74. The highest BCUT2D eigenvalue weighted by atomic mass is 16.5. The molecule has 0 amide bonds. The molecule has 2 aliphatic heterocycles. The van der Waals surface area contributed by atoms with Gasteiger partial charge in [-0.2, -0.15) is 0 Å². The van der Waals surface area contributed by atoms with Crippen LogP contribution in [0.2, 0.25) is 0 Å². The molecule has 2 fully saturated rings. The van der Waals surface area contributed by atoms with Gasteiger partial charge >= 0.3 is 0 Å². The molecule has 0 unspecified atom stereocenters. The van der Waals surface area contributed by atoms with E-state index in [0.29, 0.717) is 0 Å². The average molecular weight is 317 g/mol. The first-order chi connectivity index (χ1) is 11.3. The van der Waals surface area contributed by atoms with Crippen LogP contribution in [0.4, 0.5) is 0 Å². The number of allylic oxidation sites excluding steroid dienone is 1. The Morgan fingerprint density at radius 2 is 1.70 bits per heavy atom. The van der Waals surface area contributed by atoms with E-state index in [0.717, 1.165) is 58.4 Å². The summed E-state index contributed by atoms with van der Waals surface area (Å²) < 4.78 is 18.5. The molecule has 0 bridgehead atoms. The molecule has 3 rings (SSSR count). The monoisotopic (exact) mass is 317 g/mol. The van der Waals surface area contributed by atoms with Crippen LogP contribution in [0, 0.1) is 0 Å². The lowest BCUT2D eigenvalue weighted by Crippen LogP contribution is -2.33. The molecule has 0 aromatic heterocycles. The van der Waals surface area contributed by atoms with Gasteiger partial charge in [0.15, 0.2) is 19.3 Å². The van der Waals surface area contributed by atoms with Crippen molar-refractivity contribution in [1.29, 1.82) is 0 Å². The fraction of sp³-hybridized carbons (Fsp3) is 0.500. The molecule has 0 saturated carbocycles. The molecule has 0 atom stereocenters. The maximum absolute atomic E-state index is 5.44. The Bertz CT molecular complexity index is 552. The Balaban J connectivity index is 1.86. The van der Waals surface area contributed by atoms with Crippen LogP contribution in [-0.4, -0.2) is 75.4 Å². The van der Waals surface area contributed by atoms with Gasteiger partial charge in [-0.05, 0) is 17.7 Å². The summed E-state index contributed by atoms with van der Waals surface area (Å²) in [5, 5.41) is 0. The highest BCUT2D eigenvalue weighted by Gasteiger charge is 2.15. The number of methoxy groups -OCH3 is 1. The zero-order valence-electron chi connectivity index (χ0n) is 13.7.